The number of phenolic OH excluding ortho intramolecular Hbond substituents is 1. The molecule has 3 nitrogen and oxygen atoms in total. The van der Waals surface area contributed by atoms with E-state index in [-0.39, 0.29) is 11.3 Å². The van der Waals surface area contributed by atoms with E-state index in [1.807, 2.05) is 0 Å². The summed E-state index contributed by atoms with van der Waals surface area (Å²) in [5, 5.41) is 17.9. The van der Waals surface area contributed by atoms with Crippen LogP contribution in [0.5, 0.6) is 5.75 Å². The van der Waals surface area contributed by atoms with E-state index in [4.69, 9.17) is 5.11 Å². The molecular formula is C15H11F3O3S. The lowest BCUT2D eigenvalue weighted by Gasteiger charge is -2.13. The molecule has 0 bridgehead atoms. The smallest absolute Gasteiger partial charge is 0.416 e. The molecule has 0 saturated carbocycles. The van der Waals surface area contributed by atoms with Crippen molar-refractivity contribution in [3.63, 3.8) is 0 Å². The molecule has 2 aromatic carbocycles. The highest BCUT2D eigenvalue weighted by Crippen LogP contribution is 2.37. The Labute approximate surface area is 128 Å². The number of rotatable bonds is 4. The van der Waals surface area contributed by atoms with Crippen LogP contribution in [0.2, 0.25) is 0 Å². The highest BCUT2D eigenvalue weighted by molar-refractivity contribution is 7.99. The summed E-state index contributed by atoms with van der Waals surface area (Å²) < 4.78 is 39.1. The second-order valence-corrected chi connectivity index (χ2v) is 5.63. The van der Waals surface area contributed by atoms with Crippen LogP contribution in [0.15, 0.2) is 52.3 Å². The lowest BCUT2D eigenvalue weighted by atomic mass is 10.0. The average molecular weight is 328 g/mol. The van der Waals surface area contributed by atoms with Crippen molar-refractivity contribution in [3.8, 4) is 5.75 Å². The number of hydrogen-bond donors (Lipinski definition) is 2. The molecular weight excluding hydrogens is 317 g/mol. The van der Waals surface area contributed by atoms with E-state index < -0.39 is 24.1 Å². The minimum atomic E-state index is -4.61. The number of phenols is 1. The van der Waals surface area contributed by atoms with Gasteiger partial charge in [0.1, 0.15) is 5.75 Å². The van der Waals surface area contributed by atoms with Gasteiger partial charge in [-0.2, -0.15) is 13.2 Å². The van der Waals surface area contributed by atoms with Crippen LogP contribution in [0, 0.1) is 0 Å². The van der Waals surface area contributed by atoms with Crippen molar-refractivity contribution >= 4 is 17.7 Å². The zero-order valence-electron chi connectivity index (χ0n) is 11.1. The Kier molecular flexibility index (Phi) is 4.65. The van der Waals surface area contributed by atoms with Crippen LogP contribution in [0.1, 0.15) is 11.1 Å². The van der Waals surface area contributed by atoms with Crippen LogP contribution in [0.4, 0.5) is 13.2 Å². The van der Waals surface area contributed by atoms with E-state index >= 15 is 0 Å². The van der Waals surface area contributed by atoms with Gasteiger partial charge in [0.2, 0.25) is 0 Å². The summed E-state index contributed by atoms with van der Waals surface area (Å²) >= 11 is 1.10. The number of carboxylic acids is 1. The van der Waals surface area contributed by atoms with Crippen molar-refractivity contribution < 1.29 is 28.2 Å². The summed E-state index contributed by atoms with van der Waals surface area (Å²) in [5.41, 5.74) is -1.21. The van der Waals surface area contributed by atoms with Gasteiger partial charge in [0.15, 0.2) is 0 Å². The van der Waals surface area contributed by atoms with Crippen LogP contribution >= 0.6 is 11.8 Å². The van der Waals surface area contributed by atoms with Gasteiger partial charge >= 0.3 is 12.1 Å². The molecule has 0 atom stereocenters. The standard InChI is InChI=1S/C15H11F3O3S/c16-15(17,18)13-8-12(4-1-9(13)7-14(20)21)22-11-5-2-10(19)3-6-11/h1-6,8,19H,7H2,(H,20,21). The molecule has 7 heteroatoms. The molecule has 0 aliphatic carbocycles. The quantitative estimate of drug-likeness (QED) is 0.883. The van der Waals surface area contributed by atoms with Gasteiger partial charge < -0.3 is 10.2 Å². The first-order valence-electron chi connectivity index (χ1n) is 6.14. The van der Waals surface area contributed by atoms with Crippen molar-refractivity contribution in [1.29, 1.82) is 0 Å². The van der Waals surface area contributed by atoms with E-state index in [1.54, 1.807) is 12.1 Å². The lowest BCUT2D eigenvalue weighted by Crippen LogP contribution is -2.12. The van der Waals surface area contributed by atoms with Crippen molar-refractivity contribution in [2.45, 2.75) is 22.4 Å². The molecule has 0 saturated heterocycles. The van der Waals surface area contributed by atoms with Crippen LogP contribution in [-0.4, -0.2) is 16.2 Å². The SMILES string of the molecule is O=C(O)Cc1ccc(Sc2ccc(O)cc2)cc1C(F)(F)F. The Morgan fingerprint density at radius 2 is 1.64 bits per heavy atom. The molecule has 0 fully saturated rings. The van der Waals surface area contributed by atoms with Gasteiger partial charge in [-0.3, -0.25) is 4.79 Å². The van der Waals surface area contributed by atoms with Gasteiger partial charge in [-0.15, -0.1) is 0 Å². The van der Waals surface area contributed by atoms with Crippen molar-refractivity contribution in [3.05, 3.63) is 53.6 Å². The predicted molar refractivity (Wildman–Crippen MR) is 75.0 cm³/mol. The molecule has 0 aromatic heterocycles. The Balaban J connectivity index is 2.33. The molecule has 0 aliphatic heterocycles. The molecule has 2 N–H and O–H groups in total. The van der Waals surface area contributed by atoms with E-state index in [9.17, 15) is 23.1 Å². The number of alkyl halides is 3. The molecule has 22 heavy (non-hydrogen) atoms. The largest absolute Gasteiger partial charge is 0.508 e. The van der Waals surface area contributed by atoms with E-state index in [0.717, 1.165) is 17.8 Å². The zero-order chi connectivity index (χ0) is 16.3. The Hall–Kier alpha value is -2.15. The van der Waals surface area contributed by atoms with Crippen molar-refractivity contribution in [2.75, 3.05) is 0 Å². The Morgan fingerprint density at radius 3 is 2.18 bits per heavy atom. The van der Waals surface area contributed by atoms with Crippen molar-refractivity contribution in [1.82, 2.24) is 0 Å². The molecule has 0 spiro atoms. The fourth-order valence-electron chi connectivity index (χ4n) is 1.85. The molecule has 0 amide bonds. The van der Waals surface area contributed by atoms with E-state index in [0.29, 0.717) is 9.79 Å². The maximum Gasteiger partial charge on any atom is 0.416 e. The number of carboxylic acid groups (broad SMARTS) is 1. The average Bonchev–Trinajstić information content (AvgIpc) is 2.41. The second-order valence-electron chi connectivity index (χ2n) is 4.48. The van der Waals surface area contributed by atoms with Gasteiger partial charge in [-0.25, -0.2) is 0 Å². The summed E-state index contributed by atoms with van der Waals surface area (Å²) in [6.07, 6.45) is -5.30. The molecule has 0 unspecified atom stereocenters. The third kappa shape index (κ3) is 4.17. The Morgan fingerprint density at radius 1 is 1.05 bits per heavy atom. The summed E-state index contributed by atoms with van der Waals surface area (Å²) in [6.45, 7) is 0. The number of benzene rings is 2. The van der Waals surface area contributed by atoms with Gasteiger partial charge in [0.25, 0.3) is 0 Å². The monoisotopic (exact) mass is 328 g/mol. The highest BCUT2D eigenvalue weighted by atomic mass is 32.2. The van der Waals surface area contributed by atoms with Crippen LogP contribution < -0.4 is 0 Å². The summed E-state index contributed by atoms with van der Waals surface area (Å²) in [4.78, 5) is 11.7. The third-order valence-electron chi connectivity index (χ3n) is 2.80. The normalized spacial score (nSPS) is 11.4. The van der Waals surface area contributed by atoms with Gasteiger partial charge in [-0.05, 0) is 42.0 Å². The van der Waals surface area contributed by atoms with E-state index in [1.165, 1.54) is 24.3 Å². The first-order chi connectivity index (χ1) is 10.3. The molecule has 116 valence electrons. The van der Waals surface area contributed by atoms with Crippen LogP contribution in [0.3, 0.4) is 0 Å². The number of carbonyl (C=O) groups is 1. The Bertz CT molecular complexity index is 681. The number of aliphatic carboxylic acids is 1. The first kappa shape index (κ1) is 16.2. The molecule has 0 aliphatic rings. The lowest BCUT2D eigenvalue weighted by molar-refractivity contribution is -0.139. The molecule has 2 rings (SSSR count). The molecule has 0 radical (unpaired) electrons. The summed E-state index contributed by atoms with van der Waals surface area (Å²) in [6, 6.07) is 9.61. The topological polar surface area (TPSA) is 57.5 Å². The maximum absolute atomic E-state index is 13.0. The van der Waals surface area contributed by atoms with Crippen LogP contribution in [-0.2, 0) is 17.4 Å². The number of hydrogen-bond acceptors (Lipinski definition) is 3. The maximum atomic E-state index is 13.0. The number of halogens is 3. The second kappa shape index (κ2) is 6.31. The molecule has 2 aromatic rings. The zero-order valence-corrected chi connectivity index (χ0v) is 11.9. The molecule has 0 heterocycles. The van der Waals surface area contributed by atoms with E-state index in [2.05, 4.69) is 0 Å². The summed E-state index contributed by atoms with van der Waals surface area (Å²) in [5.74, 6) is -1.25. The van der Waals surface area contributed by atoms with Crippen molar-refractivity contribution in [2.24, 2.45) is 0 Å². The fourth-order valence-corrected chi connectivity index (χ4v) is 2.71. The first-order valence-corrected chi connectivity index (χ1v) is 6.96. The van der Waals surface area contributed by atoms with Gasteiger partial charge in [0, 0.05) is 9.79 Å². The predicted octanol–water partition coefficient (Wildman–Crippen LogP) is 4.19. The summed E-state index contributed by atoms with van der Waals surface area (Å²) in [7, 11) is 0. The fraction of sp³-hybridized carbons (Fsp3) is 0.133. The van der Waals surface area contributed by atoms with Gasteiger partial charge in [-0.1, -0.05) is 17.8 Å². The number of aromatic hydroxyl groups is 1. The van der Waals surface area contributed by atoms with Gasteiger partial charge in [0.05, 0.1) is 12.0 Å². The highest BCUT2D eigenvalue weighted by Gasteiger charge is 2.34. The van der Waals surface area contributed by atoms with Crippen LogP contribution in [0.25, 0.3) is 0 Å². The third-order valence-corrected chi connectivity index (χ3v) is 3.80. The minimum Gasteiger partial charge on any atom is -0.508 e. The minimum absolute atomic E-state index is 0.0668.